The van der Waals surface area contributed by atoms with E-state index in [1.165, 1.54) is 11.1 Å². The molecule has 3 rings (SSSR count). The Balaban J connectivity index is 1.70. The van der Waals surface area contributed by atoms with Crippen LogP contribution in [0.3, 0.4) is 0 Å². The maximum absolute atomic E-state index is 5.48. The zero-order valence-electron chi connectivity index (χ0n) is 15.4. The summed E-state index contributed by atoms with van der Waals surface area (Å²) < 4.78 is 1.98. The number of rotatable bonds is 5. The van der Waals surface area contributed by atoms with E-state index in [1.54, 1.807) is 0 Å². The zero-order valence-corrected chi connectivity index (χ0v) is 16.2. The molecule has 5 heteroatoms. The van der Waals surface area contributed by atoms with Crippen LogP contribution in [0, 0.1) is 13.8 Å². The van der Waals surface area contributed by atoms with E-state index in [9.17, 15) is 0 Å². The molecular weight excluding hydrogens is 340 g/mol. The molecule has 0 spiro atoms. The Kier molecular flexibility index (Phi) is 5.68. The van der Waals surface area contributed by atoms with Crippen molar-refractivity contribution in [3.63, 3.8) is 0 Å². The first-order valence-corrected chi connectivity index (χ1v) is 9.24. The molecule has 0 aliphatic heterocycles. The lowest BCUT2D eigenvalue weighted by Crippen LogP contribution is -2.28. The SMILES string of the molecule is CCc1ccccc1NC(=S)NCc1c(C)nn(-c2ccccc2)c1C. The summed E-state index contributed by atoms with van der Waals surface area (Å²) in [5, 5.41) is 11.9. The average molecular weight is 365 g/mol. The first-order chi connectivity index (χ1) is 12.6. The predicted molar refractivity (Wildman–Crippen MR) is 112 cm³/mol. The highest BCUT2D eigenvalue weighted by Crippen LogP contribution is 2.18. The van der Waals surface area contributed by atoms with E-state index in [2.05, 4.69) is 53.8 Å². The maximum Gasteiger partial charge on any atom is 0.171 e. The summed E-state index contributed by atoms with van der Waals surface area (Å²) in [4.78, 5) is 0. The molecule has 134 valence electrons. The van der Waals surface area contributed by atoms with Gasteiger partial charge in [0.2, 0.25) is 0 Å². The quantitative estimate of drug-likeness (QED) is 0.652. The second kappa shape index (κ2) is 8.15. The minimum Gasteiger partial charge on any atom is -0.358 e. The third-order valence-electron chi connectivity index (χ3n) is 4.51. The first-order valence-electron chi connectivity index (χ1n) is 8.83. The molecule has 1 heterocycles. The molecule has 0 saturated heterocycles. The van der Waals surface area contributed by atoms with E-state index in [1.807, 2.05) is 41.9 Å². The summed E-state index contributed by atoms with van der Waals surface area (Å²) in [6.07, 6.45) is 0.966. The largest absolute Gasteiger partial charge is 0.358 e. The molecular formula is C21H24N4S. The van der Waals surface area contributed by atoms with Gasteiger partial charge < -0.3 is 10.6 Å². The molecule has 0 aliphatic rings. The van der Waals surface area contributed by atoms with E-state index in [0.717, 1.165) is 29.2 Å². The third-order valence-corrected chi connectivity index (χ3v) is 4.76. The summed E-state index contributed by atoms with van der Waals surface area (Å²) in [5.41, 5.74) is 6.68. The van der Waals surface area contributed by atoms with Crippen molar-refractivity contribution in [2.45, 2.75) is 33.7 Å². The molecule has 0 aliphatic carbocycles. The van der Waals surface area contributed by atoms with Gasteiger partial charge in [-0.15, -0.1) is 0 Å². The first kappa shape index (κ1) is 18.1. The fraction of sp³-hybridized carbons (Fsp3) is 0.238. The van der Waals surface area contributed by atoms with E-state index in [-0.39, 0.29) is 0 Å². The Morgan fingerprint density at radius 1 is 1.04 bits per heavy atom. The Bertz CT molecular complexity index is 900. The number of nitrogens with zero attached hydrogens (tertiary/aromatic N) is 2. The molecule has 0 unspecified atom stereocenters. The lowest BCUT2D eigenvalue weighted by Gasteiger charge is -2.13. The van der Waals surface area contributed by atoms with Gasteiger partial charge in [0.25, 0.3) is 0 Å². The third kappa shape index (κ3) is 3.94. The highest BCUT2D eigenvalue weighted by atomic mass is 32.1. The van der Waals surface area contributed by atoms with Crippen LogP contribution < -0.4 is 10.6 Å². The van der Waals surface area contributed by atoms with Crippen LogP contribution in [0.15, 0.2) is 54.6 Å². The molecule has 0 atom stereocenters. The smallest absolute Gasteiger partial charge is 0.171 e. The number of anilines is 1. The van der Waals surface area contributed by atoms with Gasteiger partial charge in [-0.25, -0.2) is 4.68 Å². The monoisotopic (exact) mass is 364 g/mol. The number of hydrogen-bond acceptors (Lipinski definition) is 2. The fourth-order valence-corrected chi connectivity index (χ4v) is 3.22. The summed E-state index contributed by atoms with van der Waals surface area (Å²) >= 11 is 5.48. The number of thiocarbonyl (C=S) groups is 1. The number of aryl methyl sites for hydroxylation is 2. The van der Waals surface area contributed by atoms with Crippen molar-refractivity contribution in [2.75, 3.05) is 5.32 Å². The van der Waals surface area contributed by atoms with Crippen LogP contribution in [-0.4, -0.2) is 14.9 Å². The van der Waals surface area contributed by atoms with E-state index in [0.29, 0.717) is 11.7 Å². The molecule has 3 aromatic rings. The molecule has 0 bridgehead atoms. The summed E-state index contributed by atoms with van der Waals surface area (Å²) in [5.74, 6) is 0. The van der Waals surface area contributed by atoms with Crippen molar-refractivity contribution in [3.8, 4) is 5.69 Å². The lowest BCUT2D eigenvalue weighted by molar-refractivity contribution is 0.830. The molecule has 4 nitrogen and oxygen atoms in total. The van der Waals surface area contributed by atoms with Crippen LogP contribution in [0.5, 0.6) is 0 Å². The van der Waals surface area contributed by atoms with Gasteiger partial charge in [0, 0.05) is 23.5 Å². The van der Waals surface area contributed by atoms with Gasteiger partial charge >= 0.3 is 0 Å². The van der Waals surface area contributed by atoms with Gasteiger partial charge in [-0.3, -0.25) is 0 Å². The van der Waals surface area contributed by atoms with Crippen molar-refractivity contribution < 1.29 is 0 Å². The standard InChI is InChI=1S/C21H24N4S/c1-4-17-10-8-9-13-20(17)23-21(26)22-14-19-15(2)24-25(16(19)3)18-11-6-5-7-12-18/h5-13H,4,14H2,1-3H3,(H2,22,23,26). The second-order valence-corrected chi connectivity index (χ2v) is 6.62. The predicted octanol–water partition coefficient (Wildman–Crippen LogP) is 4.54. The van der Waals surface area contributed by atoms with Crippen molar-refractivity contribution in [1.82, 2.24) is 15.1 Å². The number of aromatic nitrogens is 2. The molecule has 2 N–H and O–H groups in total. The fourth-order valence-electron chi connectivity index (χ4n) is 3.04. The Hall–Kier alpha value is -2.66. The Morgan fingerprint density at radius 2 is 1.73 bits per heavy atom. The zero-order chi connectivity index (χ0) is 18.5. The molecule has 0 saturated carbocycles. The average Bonchev–Trinajstić information content (AvgIpc) is 2.95. The maximum atomic E-state index is 5.48. The van der Waals surface area contributed by atoms with Crippen LogP contribution >= 0.6 is 12.2 Å². The summed E-state index contributed by atoms with van der Waals surface area (Å²) in [6, 6.07) is 18.4. The van der Waals surface area contributed by atoms with Gasteiger partial charge in [-0.05, 0) is 56.2 Å². The van der Waals surface area contributed by atoms with E-state index >= 15 is 0 Å². The normalized spacial score (nSPS) is 10.6. The van der Waals surface area contributed by atoms with Crippen LogP contribution in [0.2, 0.25) is 0 Å². The van der Waals surface area contributed by atoms with Crippen LogP contribution in [0.4, 0.5) is 5.69 Å². The van der Waals surface area contributed by atoms with Gasteiger partial charge in [-0.1, -0.05) is 43.3 Å². The van der Waals surface area contributed by atoms with Crippen LogP contribution in [0.1, 0.15) is 29.4 Å². The van der Waals surface area contributed by atoms with Crippen molar-refractivity contribution in [2.24, 2.45) is 0 Å². The Morgan fingerprint density at radius 3 is 2.46 bits per heavy atom. The molecule has 2 aromatic carbocycles. The molecule has 0 radical (unpaired) electrons. The van der Waals surface area contributed by atoms with Crippen LogP contribution in [-0.2, 0) is 13.0 Å². The number of para-hydroxylation sites is 2. The minimum absolute atomic E-state index is 0.622. The minimum atomic E-state index is 0.622. The molecule has 1 aromatic heterocycles. The molecule has 0 amide bonds. The Labute approximate surface area is 160 Å². The van der Waals surface area contributed by atoms with Crippen molar-refractivity contribution in [3.05, 3.63) is 77.1 Å². The van der Waals surface area contributed by atoms with Gasteiger partial charge in [-0.2, -0.15) is 5.10 Å². The number of hydrogen-bond donors (Lipinski definition) is 2. The highest BCUT2D eigenvalue weighted by molar-refractivity contribution is 7.80. The van der Waals surface area contributed by atoms with Crippen molar-refractivity contribution >= 4 is 23.0 Å². The van der Waals surface area contributed by atoms with Gasteiger partial charge in [0.15, 0.2) is 5.11 Å². The molecule has 0 fully saturated rings. The van der Waals surface area contributed by atoms with Gasteiger partial charge in [0.1, 0.15) is 0 Å². The lowest BCUT2D eigenvalue weighted by atomic mass is 10.1. The van der Waals surface area contributed by atoms with Crippen molar-refractivity contribution in [1.29, 1.82) is 0 Å². The summed E-state index contributed by atoms with van der Waals surface area (Å²) in [7, 11) is 0. The number of nitrogens with one attached hydrogen (secondary N) is 2. The second-order valence-electron chi connectivity index (χ2n) is 6.22. The van der Waals surface area contributed by atoms with Gasteiger partial charge in [0.05, 0.1) is 11.4 Å². The topological polar surface area (TPSA) is 41.9 Å². The van der Waals surface area contributed by atoms with E-state index in [4.69, 9.17) is 12.2 Å². The highest BCUT2D eigenvalue weighted by Gasteiger charge is 2.13. The van der Waals surface area contributed by atoms with E-state index < -0.39 is 0 Å². The number of benzene rings is 2. The van der Waals surface area contributed by atoms with Crippen LogP contribution in [0.25, 0.3) is 5.69 Å². The molecule has 26 heavy (non-hydrogen) atoms. The summed E-state index contributed by atoms with van der Waals surface area (Å²) in [6.45, 7) is 6.91.